The molecule has 0 saturated carbocycles. The van der Waals surface area contributed by atoms with Crippen LogP contribution in [0.15, 0.2) is 176 Å². The Bertz CT molecular complexity index is 3030. The highest BCUT2D eigenvalue weighted by Gasteiger charge is 2.43. The van der Waals surface area contributed by atoms with Crippen molar-refractivity contribution < 1.29 is 0 Å². The Hall–Kier alpha value is -6.44. The van der Waals surface area contributed by atoms with Crippen LogP contribution in [0.2, 0.25) is 0 Å². The molecule has 0 N–H and O–H groups in total. The van der Waals surface area contributed by atoms with Crippen LogP contribution in [0.25, 0.3) is 55.6 Å². The SMILES string of the molecule is CCC1(CC)c2ccccc2-c2c(N(c3ccccc3-c3cccc4c3-c3ccccc3C4(C)C)c3ccccc3-c3cccc4c3C(C)(C)c3ccccc3-4)cccc21. The maximum absolute atomic E-state index is 2.63. The standard InChI is InChI=1S/C59H51N/c1-7-59(8-2)48-32-16-11-26-45(48)55-50(59)34-21-37-53(55)60(51-35-17-12-23-39(51)41-27-20-33-49-54(41)44-25-10-15-31-47(44)57(49,3)4)52-36-18-13-24-40(52)43-29-19-28-42-38-22-9-14-30-46(38)58(5,6)56(42)43/h9-37H,7-8H2,1-6H3. The molecule has 0 unspecified atom stereocenters. The first kappa shape index (κ1) is 36.6. The van der Waals surface area contributed by atoms with Crippen LogP contribution in [0.1, 0.15) is 87.8 Å². The van der Waals surface area contributed by atoms with E-state index in [4.69, 9.17) is 0 Å². The van der Waals surface area contributed by atoms with E-state index in [1.807, 2.05) is 0 Å². The topological polar surface area (TPSA) is 3.24 Å². The van der Waals surface area contributed by atoms with Crippen LogP contribution in [0, 0.1) is 0 Å². The molecule has 292 valence electrons. The van der Waals surface area contributed by atoms with E-state index >= 15 is 0 Å². The summed E-state index contributed by atoms with van der Waals surface area (Å²) in [5, 5.41) is 0. The molecule has 0 aliphatic heterocycles. The van der Waals surface area contributed by atoms with Crippen molar-refractivity contribution in [1.29, 1.82) is 0 Å². The third-order valence-electron chi connectivity index (χ3n) is 14.8. The van der Waals surface area contributed by atoms with Crippen LogP contribution in [0.3, 0.4) is 0 Å². The summed E-state index contributed by atoms with van der Waals surface area (Å²) < 4.78 is 0. The average Bonchev–Trinajstić information content (AvgIpc) is 3.82. The van der Waals surface area contributed by atoms with Gasteiger partial charge in [0.1, 0.15) is 0 Å². The van der Waals surface area contributed by atoms with Crippen molar-refractivity contribution >= 4 is 17.1 Å². The zero-order valence-electron chi connectivity index (χ0n) is 35.6. The zero-order chi connectivity index (χ0) is 41.0. The molecule has 11 rings (SSSR count). The van der Waals surface area contributed by atoms with E-state index in [0.29, 0.717) is 0 Å². The Labute approximate surface area is 356 Å². The molecule has 1 nitrogen and oxygen atoms in total. The highest BCUT2D eigenvalue weighted by molar-refractivity contribution is 6.04. The molecule has 1 heteroatoms. The maximum Gasteiger partial charge on any atom is 0.0543 e. The Balaban J connectivity index is 1.23. The van der Waals surface area contributed by atoms with E-state index in [9.17, 15) is 0 Å². The predicted octanol–water partition coefficient (Wildman–Crippen LogP) is 16.2. The van der Waals surface area contributed by atoms with Gasteiger partial charge in [-0.2, -0.15) is 0 Å². The average molecular weight is 774 g/mol. The first-order chi connectivity index (χ1) is 29.2. The lowest BCUT2D eigenvalue weighted by atomic mass is 9.74. The summed E-state index contributed by atoms with van der Waals surface area (Å²) >= 11 is 0. The molecule has 3 aliphatic rings. The van der Waals surface area contributed by atoms with Gasteiger partial charge in [-0.25, -0.2) is 0 Å². The van der Waals surface area contributed by atoms with Crippen molar-refractivity contribution in [2.75, 3.05) is 4.90 Å². The van der Waals surface area contributed by atoms with Crippen LogP contribution in [-0.2, 0) is 16.2 Å². The molecule has 0 fully saturated rings. The molecule has 8 aromatic rings. The van der Waals surface area contributed by atoms with Crippen molar-refractivity contribution in [3.05, 3.63) is 209 Å². The quantitative estimate of drug-likeness (QED) is 0.156. The summed E-state index contributed by atoms with van der Waals surface area (Å²) in [4.78, 5) is 2.63. The Morgan fingerprint density at radius 1 is 0.317 bits per heavy atom. The van der Waals surface area contributed by atoms with Crippen molar-refractivity contribution in [2.45, 2.75) is 70.6 Å². The summed E-state index contributed by atoms with van der Waals surface area (Å²) in [6.45, 7) is 14.3. The van der Waals surface area contributed by atoms with Crippen LogP contribution >= 0.6 is 0 Å². The Kier molecular flexibility index (Phi) is 8.11. The molecule has 0 amide bonds. The smallest absolute Gasteiger partial charge is 0.0543 e. The predicted molar refractivity (Wildman–Crippen MR) is 254 cm³/mol. The number of hydrogen-bond acceptors (Lipinski definition) is 1. The molecule has 0 saturated heterocycles. The number of benzene rings is 8. The van der Waals surface area contributed by atoms with E-state index in [1.54, 1.807) is 0 Å². The van der Waals surface area contributed by atoms with Gasteiger partial charge in [0.15, 0.2) is 0 Å². The van der Waals surface area contributed by atoms with Gasteiger partial charge in [-0.15, -0.1) is 0 Å². The van der Waals surface area contributed by atoms with E-state index in [0.717, 1.165) is 12.8 Å². The largest absolute Gasteiger partial charge is 0.309 e. The molecule has 0 aromatic heterocycles. The van der Waals surface area contributed by atoms with Gasteiger partial charge in [0.2, 0.25) is 0 Å². The molecule has 0 spiro atoms. The van der Waals surface area contributed by atoms with Crippen LogP contribution in [0.5, 0.6) is 0 Å². The lowest BCUT2D eigenvalue weighted by Gasteiger charge is -2.34. The lowest BCUT2D eigenvalue weighted by molar-refractivity contribution is 0.490. The van der Waals surface area contributed by atoms with Gasteiger partial charge < -0.3 is 4.90 Å². The fraction of sp³-hybridized carbons (Fsp3) is 0.186. The number of nitrogens with zero attached hydrogens (tertiary/aromatic N) is 1. The minimum atomic E-state index is -0.169. The number of para-hydroxylation sites is 2. The van der Waals surface area contributed by atoms with Crippen molar-refractivity contribution in [2.24, 2.45) is 0 Å². The van der Waals surface area contributed by atoms with Crippen LogP contribution < -0.4 is 4.90 Å². The molecular weight excluding hydrogens is 723 g/mol. The highest BCUT2D eigenvalue weighted by atomic mass is 15.2. The lowest BCUT2D eigenvalue weighted by Crippen LogP contribution is -2.23. The molecule has 0 bridgehead atoms. The monoisotopic (exact) mass is 773 g/mol. The molecule has 0 heterocycles. The summed E-state index contributed by atoms with van der Waals surface area (Å²) in [6, 6.07) is 66.7. The third kappa shape index (κ3) is 4.87. The van der Waals surface area contributed by atoms with Crippen molar-refractivity contribution in [3.63, 3.8) is 0 Å². The van der Waals surface area contributed by atoms with Gasteiger partial charge in [-0.05, 0) is 103 Å². The van der Waals surface area contributed by atoms with Crippen LogP contribution in [-0.4, -0.2) is 0 Å². The summed E-state index contributed by atoms with van der Waals surface area (Å²) in [6.07, 6.45) is 2.09. The van der Waals surface area contributed by atoms with E-state index in [1.165, 1.54) is 106 Å². The minimum Gasteiger partial charge on any atom is -0.309 e. The minimum absolute atomic E-state index is 0.0573. The van der Waals surface area contributed by atoms with E-state index in [-0.39, 0.29) is 16.2 Å². The van der Waals surface area contributed by atoms with Crippen molar-refractivity contribution in [1.82, 2.24) is 0 Å². The van der Waals surface area contributed by atoms with Gasteiger partial charge in [0, 0.05) is 32.9 Å². The molecule has 60 heavy (non-hydrogen) atoms. The first-order valence-electron chi connectivity index (χ1n) is 21.9. The second-order valence-electron chi connectivity index (χ2n) is 18.2. The zero-order valence-corrected chi connectivity index (χ0v) is 35.6. The molecule has 8 aromatic carbocycles. The second kappa shape index (κ2) is 13.3. The van der Waals surface area contributed by atoms with Gasteiger partial charge >= 0.3 is 0 Å². The van der Waals surface area contributed by atoms with E-state index in [2.05, 4.69) is 222 Å². The van der Waals surface area contributed by atoms with E-state index < -0.39 is 0 Å². The van der Waals surface area contributed by atoms with Gasteiger partial charge in [-0.1, -0.05) is 199 Å². The highest BCUT2D eigenvalue weighted by Crippen LogP contribution is 2.60. The normalized spacial score (nSPS) is 15.4. The number of anilines is 3. The number of hydrogen-bond donors (Lipinski definition) is 0. The van der Waals surface area contributed by atoms with Crippen LogP contribution in [0.4, 0.5) is 17.1 Å². The summed E-state index contributed by atoms with van der Waals surface area (Å²) in [5.41, 5.74) is 24.7. The second-order valence-corrected chi connectivity index (χ2v) is 18.2. The maximum atomic E-state index is 2.63. The Morgan fingerprint density at radius 3 is 1.37 bits per heavy atom. The third-order valence-corrected chi connectivity index (χ3v) is 14.8. The fourth-order valence-electron chi connectivity index (χ4n) is 11.9. The molecule has 3 aliphatic carbocycles. The molecule has 0 atom stereocenters. The molecular formula is C59H51N. The Morgan fingerprint density at radius 2 is 0.717 bits per heavy atom. The summed E-state index contributed by atoms with van der Waals surface area (Å²) in [7, 11) is 0. The van der Waals surface area contributed by atoms with Crippen molar-refractivity contribution in [3.8, 4) is 55.6 Å². The molecule has 0 radical (unpaired) electrons. The number of rotatable bonds is 7. The number of fused-ring (bicyclic) bond motifs is 9. The fourth-order valence-corrected chi connectivity index (χ4v) is 11.9. The summed E-state index contributed by atoms with van der Waals surface area (Å²) in [5.74, 6) is 0. The van der Waals surface area contributed by atoms with Gasteiger partial charge in [0.25, 0.3) is 0 Å². The van der Waals surface area contributed by atoms with Gasteiger partial charge in [-0.3, -0.25) is 0 Å². The first-order valence-corrected chi connectivity index (χ1v) is 21.9. The van der Waals surface area contributed by atoms with Gasteiger partial charge in [0.05, 0.1) is 17.1 Å².